The molecule has 0 bridgehead atoms. The number of nitrogens with zero attached hydrogens (tertiary/aromatic N) is 3. The molecule has 17 heavy (non-hydrogen) atoms. The van der Waals surface area contributed by atoms with Crippen LogP contribution >= 0.6 is 0 Å². The Kier molecular flexibility index (Phi) is 2.94. The lowest BCUT2D eigenvalue weighted by molar-refractivity contribution is 0.379. The van der Waals surface area contributed by atoms with Gasteiger partial charge >= 0.3 is 0 Å². The fraction of sp³-hybridized carbons (Fsp3) is 0.222. The number of nitrogens with one attached hydrogen (secondary N) is 1. The van der Waals surface area contributed by atoms with Crippen LogP contribution in [0.4, 0.5) is 19.0 Å². The summed E-state index contributed by atoms with van der Waals surface area (Å²) >= 11 is 0. The number of hydrogen-bond acceptors (Lipinski definition) is 5. The van der Waals surface area contributed by atoms with Gasteiger partial charge in [-0.25, -0.2) is 8.78 Å². The lowest BCUT2D eigenvalue weighted by Crippen LogP contribution is -2.06. The van der Waals surface area contributed by atoms with Gasteiger partial charge in [0.05, 0.1) is 6.54 Å². The lowest BCUT2D eigenvalue weighted by atomic mass is 10.4. The quantitative estimate of drug-likeness (QED) is 0.834. The highest BCUT2D eigenvalue weighted by Gasteiger charge is 2.12. The van der Waals surface area contributed by atoms with Gasteiger partial charge in [-0.05, 0) is 6.92 Å². The first-order valence-corrected chi connectivity index (χ1v) is 4.61. The minimum atomic E-state index is -1.38. The molecule has 0 spiro atoms. The fourth-order valence-corrected chi connectivity index (χ4v) is 1.14. The van der Waals surface area contributed by atoms with Gasteiger partial charge in [0.15, 0.2) is 23.3 Å². The van der Waals surface area contributed by atoms with E-state index in [9.17, 15) is 13.2 Å². The molecule has 0 aliphatic rings. The van der Waals surface area contributed by atoms with E-state index in [-0.39, 0.29) is 12.4 Å². The van der Waals surface area contributed by atoms with Gasteiger partial charge in [0.1, 0.15) is 0 Å². The maximum atomic E-state index is 13.1. The molecule has 0 aromatic carbocycles. The first-order chi connectivity index (χ1) is 8.06. The third-order valence-electron chi connectivity index (χ3n) is 1.86. The monoisotopic (exact) mass is 244 g/mol. The van der Waals surface area contributed by atoms with Crippen LogP contribution in [0.1, 0.15) is 11.7 Å². The number of aryl methyl sites for hydroxylation is 1. The van der Waals surface area contributed by atoms with Gasteiger partial charge in [0, 0.05) is 6.07 Å². The van der Waals surface area contributed by atoms with Crippen molar-refractivity contribution < 1.29 is 17.7 Å². The van der Waals surface area contributed by atoms with Crippen molar-refractivity contribution in [1.82, 2.24) is 15.1 Å². The van der Waals surface area contributed by atoms with E-state index in [1.165, 1.54) is 0 Å². The molecule has 0 saturated heterocycles. The molecule has 0 aliphatic carbocycles. The Bertz CT molecular complexity index is 543. The SMILES string of the molecule is Cc1noc(CNc2nc(F)c(F)cc2F)n1. The first-order valence-electron chi connectivity index (χ1n) is 4.61. The van der Waals surface area contributed by atoms with Gasteiger partial charge in [-0.15, -0.1) is 0 Å². The van der Waals surface area contributed by atoms with Crippen molar-refractivity contribution in [3.63, 3.8) is 0 Å². The zero-order chi connectivity index (χ0) is 12.4. The van der Waals surface area contributed by atoms with Crippen LogP contribution in [0.25, 0.3) is 0 Å². The molecule has 0 fully saturated rings. The summed E-state index contributed by atoms with van der Waals surface area (Å²) in [5.41, 5.74) is 0. The van der Waals surface area contributed by atoms with E-state index >= 15 is 0 Å². The number of halogens is 3. The number of hydrogen-bond donors (Lipinski definition) is 1. The average Bonchev–Trinajstić information content (AvgIpc) is 2.68. The molecule has 0 saturated carbocycles. The van der Waals surface area contributed by atoms with Crippen LogP contribution in [0.3, 0.4) is 0 Å². The summed E-state index contributed by atoms with van der Waals surface area (Å²) in [5.74, 6) is -3.54. The topological polar surface area (TPSA) is 63.8 Å². The molecule has 0 unspecified atom stereocenters. The molecule has 1 N–H and O–H groups in total. The van der Waals surface area contributed by atoms with Crippen LogP contribution in [-0.2, 0) is 6.54 Å². The average molecular weight is 244 g/mol. The Labute approximate surface area is 93.7 Å². The molecule has 2 aromatic rings. The van der Waals surface area contributed by atoms with Crippen molar-refractivity contribution in [3.8, 4) is 0 Å². The minimum absolute atomic E-state index is 0.0319. The molecule has 2 heterocycles. The molecular weight excluding hydrogens is 237 g/mol. The molecule has 2 aromatic heterocycles. The van der Waals surface area contributed by atoms with E-state index in [2.05, 4.69) is 20.4 Å². The minimum Gasteiger partial charge on any atom is -0.358 e. The van der Waals surface area contributed by atoms with E-state index in [4.69, 9.17) is 4.52 Å². The van der Waals surface area contributed by atoms with Crippen LogP contribution < -0.4 is 5.32 Å². The zero-order valence-corrected chi connectivity index (χ0v) is 8.67. The van der Waals surface area contributed by atoms with Crippen molar-refractivity contribution in [2.45, 2.75) is 13.5 Å². The summed E-state index contributed by atoms with van der Waals surface area (Å²) in [4.78, 5) is 6.91. The van der Waals surface area contributed by atoms with Gasteiger partial charge in [-0.1, -0.05) is 5.16 Å². The predicted octanol–water partition coefficient (Wildman–Crippen LogP) is 1.80. The van der Waals surface area contributed by atoms with Crippen LogP contribution in [0, 0.1) is 24.5 Å². The number of anilines is 1. The standard InChI is InChI=1S/C9H7F3N4O/c1-4-14-7(17-16-4)3-13-9-6(11)2-5(10)8(12)15-9/h2H,3H2,1H3,(H,13,15). The summed E-state index contributed by atoms with van der Waals surface area (Å²) < 4.78 is 43.2. The predicted molar refractivity (Wildman–Crippen MR) is 50.5 cm³/mol. The third-order valence-corrected chi connectivity index (χ3v) is 1.86. The Hall–Kier alpha value is -2.12. The normalized spacial score (nSPS) is 10.6. The molecule has 2 rings (SSSR count). The van der Waals surface area contributed by atoms with E-state index in [0.29, 0.717) is 11.9 Å². The highest BCUT2D eigenvalue weighted by atomic mass is 19.2. The summed E-state index contributed by atoms with van der Waals surface area (Å²) in [6.07, 6.45) is 0. The largest absolute Gasteiger partial charge is 0.358 e. The highest BCUT2D eigenvalue weighted by molar-refractivity contribution is 5.36. The Morgan fingerprint density at radius 1 is 1.24 bits per heavy atom. The Morgan fingerprint density at radius 3 is 2.65 bits per heavy atom. The van der Waals surface area contributed by atoms with Crippen molar-refractivity contribution >= 4 is 5.82 Å². The van der Waals surface area contributed by atoms with Crippen LogP contribution in [0.2, 0.25) is 0 Å². The van der Waals surface area contributed by atoms with Crippen LogP contribution in [0.15, 0.2) is 10.6 Å². The molecular formula is C9H7F3N4O. The maximum absolute atomic E-state index is 13.1. The second-order valence-electron chi connectivity index (χ2n) is 3.18. The number of aromatic nitrogens is 3. The lowest BCUT2D eigenvalue weighted by Gasteiger charge is -2.03. The van der Waals surface area contributed by atoms with E-state index in [0.717, 1.165) is 0 Å². The van der Waals surface area contributed by atoms with Crippen LogP contribution in [0.5, 0.6) is 0 Å². The van der Waals surface area contributed by atoms with Crippen molar-refractivity contribution in [1.29, 1.82) is 0 Å². The van der Waals surface area contributed by atoms with Gasteiger partial charge < -0.3 is 9.84 Å². The molecule has 90 valence electrons. The molecule has 0 radical (unpaired) electrons. The maximum Gasteiger partial charge on any atom is 0.251 e. The summed E-state index contributed by atoms with van der Waals surface area (Å²) in [7, 11) is 0. The molecule has 0 aliphatic heterocycles. The Balaban J connectivity index is 2.11. The zero-order valence-electron chi connectivity index (χ0n) is 8.67. The van der Waals surface area contributed by atoms with E-state index in [1.807, 2.05) is 0 Å². The smallest absolute Gasteiger partial charge is 0.251 e. The van der Waals surface area contributed by atoms with Crippen molar-refractivity contribution in [3.05, 3.63) is 35.4 Å². The van der Waals surface area contributed by atoms with Gasteiger partial charge in [0.2, 0.25) is 5.89 Å². The number of rotatable bonds is 3. The van der Waals surface area contributed by atoms with Crippen molar-refractivity contribution in [2.75, 3.05) is 5.32 Å². The second kappa shape index (κ2) is 4.40. The summed E-state index contributed by atoms with van der Waals surface area (Å²) in [6.45, 7) is 1.58. The fourth-order valence-electron chi connectivity index (χ4n) is 1.14. The van der Waals surface area contributed by atoms with Gasteiger partial charge in [0.25, 0.3) is 5.95 Å². The molecule has 0 amide bonds. The first kappa shape index (κ1) is 11.4. The molecule has 8 heteroatoms. The molecule has 5 nitrogen and oxygen atoms in total. The van der Waals surface area contributed by atoms with E-state index < -0.39 is 23.4 Å². The Morgan fingerprint density at radius 2 is 2.00 bits per heavy atom. The van der Waals surface area contributed by atoms with Gasteiger partial charge in [-0.2, -0.15) is 14.4 Å². The van der Waals surface area contributed by atoms with Crippen LogP contribution in [-0.4, -0.2) is 15.1 Å². The summed E-state index contributed by atoms with van der Waals surface area (Å²) in [6, 6.07) is 0.406. The second-order valence-corrected chi connectivity index (χ2v) is 3.18. The summed E-state index contributed by atoms with van der Waals surface area (Å²) in [5, 5.41) is 5.93. The molecule has 0 atom stereocenters. The number of pyridine rings is 1. The van der Waals surface area contributed by atoms with E-state index in [1.54, 1.807) is 6.92 Å². The van der Waals surface area contributed by atoms with Gasteiger partial charge in [-0.3, -0.25) is 0 Å². The van der Waals surface area contributed by atoms with Crippen molar-refractivity contribution in [2.24, 2.45) is 0 Å². The third kappa shape index (κ3) is 2.52. The highest BCUT2D eigenvalue weighted by Crippen LogP contribution is 2.14.